The van der Waals surface area contributed by atoms with Crippen LogP contribution >= 0.6 is 0 Å². The molecule has 0 atom stereocenters. The molecule has 24 heavy (non-hydrogen) atoms. The van der Waals surface area contributed by atoms with E-state index in [1.54, 1.807) is 24.4 Å². The Morgan fingerprint density at radius 1 is 0.958 bits per heavy atom. The fraction of sp³-hybridized carbons (Fsp3) is 0.0588. The summed E-state index contributed by atoms with van der Waals surface area (Å²) >= 11 is 0. The van der Waals surface area contributed by atoms with Crippen molar-refractivity contribution in [3.8, 4) is 11.3 Å². The number of aromatic nitrogens is 2. The molecule has 1 aromatic heterocycles. The first kappa shape index (κ1) is 15.8. The van der Waals surface area contributed by atoms with Crippen LogP contribution < -0.4 is 11.1 Å². The summed E-state index contributed by atoms with van der Waals surface area (Å²) in [5, 5.41) is 2.89. The Morgan fingerprint density at radius 2 is 1.71 bits per heavy atom. The van der Waals surface area contributed by atoms with Crippen LogP contribution in [0, 0.1) is 0 Å². The summed E-state index contributed by atoms with van der Waals surface area (Å²) in [4.78, 5) is 8.43. The number of nitrogens with zero attached hydrogens (tertiary/aromatic N) is 2. The summed E-state index contributed by atoms with van der Waals surface area (Å²) in [6, 6.07) is 13.6. The highest BCUT2D eigenvalue weighted by atomic mass is 19.4. The number of nitrogen functional groups attached to an aromatic ring is 1. The standard InChI is InChI=1S/C17H13F3N4/c18-17(19,20)12-4-6-14(7-5-12)23-16-22-9-8-15(24-16)11-2-1-3-13(21)10-11/h1-10H,21H2,(H,22,23,24). The molecule has 1 heterocycles. The molecule has 0 fully saturated rings. The van der Waals surface area contributed by atoms with Crippen LogP contribution in [0.5, 0.6) is 0 Å². The second kappa shape index (κ2) is 6.19. The van der Waals surface area contributed by atoms with E-state index in [2.05, 4.69) is 15.3 Å². The number of nitrogens with one attached hydrogen (secondary N) is 1. The fourth-order valence-corrected chi connectivity index (χ4v) is 2.15. The van der Waals surface area contributed by atoms with Gasteiger partial charge in [-0.3, -0.25) is 0 Å². The molecular formula is C17H13F3N4. The van der Waals surface area contributed by atoms with Crippen LogP contribution in [0.3, 0.4) is 0 Å². The second-order valence-electron chi connectivity index (χ2n) is 5.09. The molecule has 0 amide bonds. The van der Waals surface area contributed by atoms with E-state index in [4.69, 9.17) is 5.73 Å². The first-order valence-corrected chi connectivity index (χ1v) is 7.05. The minimum atomic E-state index is -4.36. The first-order valence-electron chi connectivity index (χ1n) is 7.05. The lowest BCUT2D eigenvalue weighted by atomic mass is 10.1. The van der Waals surface area contributed by atoms with Gasteiger partial charge in [-0.15, -0.1) is 0 Å². The average Bonchev–Trinajstić information content (AvgIpc) is 2.55. The summed E-state index contributed by atoms with van der Waals surface area (Å²) in [7, 11) is 0. The fourth-order valence-electron chi connectivity index (χ4n) is 2.15. The van der Waals surface area contributed by atoms with Crippen molar-refractivity contribution >= 4 is 17.3 Å². The summed E-state index contributed by atoms with van der Waals surface area (Å²) in [5.74, 6) is 0.287. The number of alkyl halides is 3. The zero-order chi connectivity index (χ0) is 17.2. The number of nitrogens with two attached hydrogens (primary N) is 1. The highest BCUT2D eigenvalue weighted by Gasteiger charge is 2.29. The van der Waals surface area contributed by atoms with Gasteiger partial charge >= 0.3 is 6.18 Å². The maximum Gasteiger partial charge on any atom is 0.416 e. The summed E-state index contributed by atoms with van der Waals surface area (Å²) in [6.07, 6.45) is -2.79. The van der Waals surface area contributed by atoms with Gasteiger partial charge in [0, 0.05) is 23.1 Å². The molecule has 3 rings (SSSR count). The summed E-state index contributed by atoms with van der Waals surface area (Å²) in [6.45, 7) is 0. The molecule has 0 bridgehead atoms. The van der Waals surface area contributed by atoms with Gasteiger partial charge in [-0.2, -0.15) is 13.2 Å². The lowest BCUT2D eigenvalue weighted by Crippen LogP contribution is -2.04. The SMILES string of the molecule is Nc1cccc(-c2ccnc(Nc3ccc(C(F)(F)F)cc3)n2)c1. The third-order valence-electron chi connectivity index (χ3n) is 3.31. The smallest absolute Gasteiger partial charge is 0.399 e. The molecule has 2 aromatic carbocycles. The number of anilines is 3. The number of benzene rings is 2. The van der Waals surface area contributed by atoms with E-state index < -0.39 is 11.7 Å². The van der Waals surface area contributed by atoms with E-state index in [9.17, 15) is 13.2 Å². The van der Waals surface area contributed by atoms with Gasteiger partial charge in [0.15, 0.2) is 0 Å². The Labute approximate surface area is 136 Å². The Morgan fingerprint density at radius 3 is 2.38 bits per heavy atom. The minimum Gasteiger partial charge on any atom is -0.399 e. The van der Waals surface area contributed by atoms with Crippen LogP contribution in [-0.2, 0) is 6.18 Å². The first-order chi connectivity index (χ1) is 11.4. The third-order valence-corrected chi connectivity index (χ3v) is 3.31. The van der Waals surface area contributed by atoms with Crippen LogP contribution in [0.1, 0.15) is 5.56 Å². The van der Waals surface area contributed by atoms with Crippen molar-refractivity contribution < 1.29 is 13.2 Å². The van der Waals surface area contributed by atoms with E-state index >= 15 is 0 Å². The molecule has 0 radical (unpaired) electrons. The van der Waals surface area contributed by atoms with Gasteiger partial charge in [-0.05, 0) is 42.5 Å². The third kappa shape index (κ3) is 3.62. The average molecular weight is 330 g/mol. The molecule has 7 heteroatoms. The highest BCUT2D eigenvalue weighted by Crippen LogP contribution is 2.30. The monoisotopic (exact) mass is 330 g/mol. The van der Waals surface area contributed by atoms with Crippen molar-refractivity contribution in [1.29, 1.82) is 0 Å². The van der Waals surface area contributed by atoms with Crippen molar-refractivity contribution in [2.24, 2.45) is 0 Å². The Bertz CT molecular complexity index is 845. The van der Waals surface area contributed by atoms with Crippen LogP contribution in [0.15, 0.2) is 60.8 Å². The van der Waals surface area contributed by atoms with E-state index in [0.29, 0.717) is 17.1 Å². The van der Waals surface area contributed by atoms with E-state index in [1.165, 1.54) is 12.1 Å². The molecule has 0 saturated heterocycles. The molecular weight excluding hydrogens is 317 g/mol. The van der Waals surface area contributed by atoms with Gasteiger partial charge in [0.2, 0.25) is 5.95 Å². The normalized spacial score (nSPS) is 11.3. The quantitative estimate of drug-likeness (QED) is 0.695. The molecule has 0 aliphatic carbocycles. The van der Waals surface area contributed by atoms with Gasteiger partial charge in [0.1, 0.15) is 0 Å². The lowest BCUT2D eigenvalue weighted by Gasteiger charge is -2.09. The predicted molar refractivity (Wildman–Crippen MR) is 86.6 cm³/mol. The van der Waals surface area contributed by atoms with Gasteiger partial charge in [0.05, 0.1) is 11.3 Å². The molecule has 0 aliphatic heterocycles. The molecule has 122 valence electrons. The molecule has 0 aliphatic rings. The minimum absolute atomic E-state index is 0.287. The Balaban J connectivity index is 1.82. The van der Waals surface area contributed by atoms with Crippen molar-refractivity contribution in [3.63, 3.8) is 0 Å². The highest BCUT2D eigenvalue weighted by molar-refractivity contribution is 5.65. The largest absolute Gasteiger partial charge is 0.416 e. The van der Waals surface area contributed by atoms with Crippen molar-refractivity contribution in [2.75, 3.05) is 11.1 Å². The zero-order valence-electron chi connectivity index (χ0n) is 12.4. The lowest BCUT2D eigenvalue weighted by molar-refractivity contribution is -0.137. The zero-order valence-corrected chi connectivity index (χ0v) is 12.4. The van der Waals surface area contributed by atoms with Crippen LogP contribution in [0.2, 0.25) is 0 Å². The van der Waals surface area contributed by atoms with E-state index in [0.717, 1.165) is 17.7 Å². The maximum atomic E-state index is 12.6. The van der Waals surface area contributed by atoms with Crippen molar-refractivity contribution in [2.45, 2.75) is 6.18 Å². The summed E-state index contributed by atoms with van der Waals surface area (Å²) < 4.78 is 37.7. The molecule has 0 saturated carbocycles. The van der Waals surface area contributed by atoms with Crippen LogP contribution in [0.4, 0.5) is 30.5 Å². The maximum absolute atomic E-state index is 12.6. The number of halogens is 3. The summed E-state index contributed by atoms with van der Waals surface area (Å²) in [5.41, 5.74) is 7.62. The van der Waals surface area contributed by atoms with Gasteiger partial charge in [0.25, 0.3) is 0 Å². The second-order valence-corrected chi connectivity index (χ2v) is 5.09. The number of rotatable bonds is 3. The van der Waals surface area contributed by atoms with E-state index in [-0.39, 0.29) is 5.95 Å². The van der Waals surface area contributed by atoms with Crippen molar-refractivity contribution in [1.82, 2.24) is 9.97 Å². The topological polar surface area (TPSA) is 63.8 Å². The molecule has 3 aromatic rings. The van der Waals surface area contributed by atoms with Crippen LogP contribution in [0.25, 0.3) is 11.3 Å². The van der Waals surface area contributed by atoms with Crippen LogP contribution in [-0.4, -0.2) is 9.97 Å². The molecule has 0 unspecified atom stereocenters. The Hall–Kier alpha value is -3.09. The Kier molecular flexibility index (Phi) is 4.07. The number of hydrogen-bond donors (Lipinski definition) is 2. The molecule has 4 nitrogen and oxygen atoms in total. The van der Waals surface area contributed by atoms with Gasteiger partial charge in [-0.1, -0.05) is 12.1 Å². The predicted octanol–water partition coefficient (Wildman–Crippen LogP) is 4.49. The molecule has 0 spiro atoms. The van der Waals surface area contributed by atoms with E-state index in [1.807, 2.05) is 12.1 Å². The van der Waals surface area contributed by atoms with Crippen molar-refractivity contribution in [3.05, 3.63) is 66.4 Å². The van der Waals surface area contributed by atoms with Gasteiger partial charge in [-0.25, -0.2) is 9.97 Å². The van der Waals surface area contributed by atoms with Gasteiger partial charge < -0.3 is 11.1 Å². The molecule has 3 N–H and O–H groups in total. The number of hydrogen-bond acceptors (Lipinski definition) is 4.